The van der Waals surface area contributed by atoms with Crippen molar-refractivity contribution in [1.29, 1.82) is 0 Å². The van der Waals surface area contributed by atoms with Crippen LogP contribution in [-0.2, 0) is 4.79 Å². The lowest BCUT2D eigenvalue weighted by molar-refractivity contribution is -0.142. The molecule has 6 nitrogen and oxygen atoms in total. The number of hydrogen-bond acceptors (Lipinski definition) is 4. The summed E-state index contributed by atoms with van der Waals surface area (Å²) >= 11 is 0. The highest BCUT2D eigenvalue weighted by Crippen LogP contribution is 2.19. The molecule has 19 heavy (non-hydrogen) atoms. The Balaban J connectivity index is 1.51. The summed E-state index contributed by atoms with van der Waals surface area (Å²) in [7, 11) is 0. The zero-order valence-electron chi connectivity index (χ0n) is 11.3. The fraction of sp³-hybridized carbons (Fsp3) is 0.692. The molecule has 2 saturated heterocycles. The average Bonchev–Trinajstić information content (AvgIpc) is 2.91. The van der Waals surface area contributed by atoms with Gasteiger partial charge in [-0.15, -0.1) is 0 Å². The third-order valence-electron chi connectivity index (χ3n) is 4.12. The molecule has 1 amide bonds. The van der Waals surface area contributed by atoms with Crippen molar-refractivity contribution < 1.29 is 4.79 Å². The van der Waals surface area contributed by atoms with E-state index in [0.717, 1.165) is 39.3 Å². The molecule has 3 rings (SSSR count). The number of rotatable bonds is 3. The van der Waals surface area contributed by atoms with E-state index in [1.807, 2.05) is 24.1 Å². The first-order chi connectivity index (χ1) is 9.25. The normalized spacial score (nSPS) is 23.1. The molecule has 3 heterocycles. The lowest BCUT2D eigenvalue weighted by atomic mass is 10.0. The van der Waals surface area contributed by atoms with E-state index >= 15 is 0 Å². The molecule has 0 bridgehead atoms. The first-order valence-electron chi connectivity index (χ1n) is 6.98. The lowest BCUT2D eigenvalue weighted by Crippen LogP contribution is -2.64. The molecule has 0 aromatic carbocycles. The number of likely N-dealkylation sites (tertiary alicyclic amines) is 1. The second-order valence-electron chi connectivity index (χ2n) is 5.35. The number of hydrogen-bond donors (Lipinski definition) is 1. The highest BCUT2D eigenvalue weighted by Gasteiger charge is 2.37. The molecule has 1 aromatic rings. The molecule has 1 atom stereocenters. The second kappa shape index (κ2) is 5.30. The van der Waals surface area contributed by atoms with E-state index in [1.54, 1.807) is 10.9 Å². The summed E-state index contributed by atoms with van der Waals surface area (Å²) in [5, 5.41) is 7.49. The Kier molecular flexibility index (Phi) is 3.52. The zero-order chi connectivity index (χ0) is 13.2. The third kappa shape index (κ3) is 2.50. The lowest BCUT2D eigenvalue weighted by Gasteiger charge is -2.47. The van der Waals surface area contributed by atoms with Crippen molar-refractivity contribution in [3.63, 3.8) is 0 Å². The maximum atomic E-state index is 12.3. The van der Waals surface area contributed by atoms with Crippen molar-refractivity contribution in [3.8, 4) is 0 Å². The average molecular weight is 263 g/mol. The van der Waals surface area contributed by atoms with Crippen LogP contribution in [0.5, 0.6) is 0 Å². The van der Waals surface area contributed by atoms with Crippen LogP contribution >= 0.6 is 0 Å². The van der Waals surface area contributed by atoms with Crippen LogP contribution in [0.15, 0.2) is 18.5 Å². The fourth-order valence-electron chi connectivity index (χ4n) is 2.80. The Morgan fingerprint density at radius 3 is 2.74 bits per heavy atom. The molecule has 2 aliphatic rings. The predicted octanol–water partition coefficient (Wildman–Crippen LogP) is -0.440. The van der Waals surface area contributed by atoms with Crippen LogP contribution < -0.4 is 5.32 Å². The Labute approximate surface area is 113 Å². The Morgan fingerprint density at radius 2 is 2.11 bits per heavy atom. The number of amides is 1. The molecule has 0 saturated carbocycles. The van der Waals surface area contributed by atoms with Crippen LogP contribution in [0, 0.1) is 0 Å². The van der Waals surface area contributed by atoms with Crippen molar-refractivity contribution in [2.45, 2.75) is 19.0 Å². The maximum absolute atomic E-state index is 12.3. The molecule has 0 aliphatic carbocycles. The maximum Gasteiger partial charge on any atom is 0.247 e. The van der Waals surface area contributed by atoms with E-state index < -0.39 is 0 Å². The molecule has 2 aliphatic heterocycles. The van der Waals surface area contributed by atoms with E-state index in [4.69, 9.17) is 0 Å². The highest BCUT2D eigenvalue weighted by molar-refractivity contribution is 5.80. The molecule has 1 N–H and O–H groups in total. The van der Waals surface area contributed by atoms with Gasteiger partial charge in [0.05, 0.1) is 0 Å². The van der Waals surface area contributed by atoms with Crippen molar-refractivity contribution in [2.24, 2.45) is 0 Å². The van der Waals surface area contributed by atoms with Gasteiger partial charge in [-0.2, -0.15) is 5.10 Å². The number of nitrogens with zero attached hydrogens (tertiary/aromatic N) is 4. The molecule has 104 valence electrons. The summed E-state index contributed by atoms with van der Waals surface area (Å²) in [5.74, 6) is 0.176. The van der Waals surface area contributed by atoms with Gasteiger partial charge in [-0.3, -0.25) is 14.4 Å². The first kappa shape index (κ1) is 12.6. The van der Waals surface area contributed by atoms with E-state index in [2.05, 4.69) is 15.3 Å². The molecule has 6 heteroatoms. The molecule has 1 unspecified atom stereocenters. The van der Waals surface area contributed by atoms with Crippen LogP contribution in [0.3, 0.4) is 0 Å². The molecule has 1 aromatic heterocycles. The zero-order valence-corrected chi connectivity index (χ0v) is 11.3. The first-order valence-corrected chi connectivity index (χ1v) is 6.98. The van der Waals surface area contributed by atoms with Crippen LogP contribution in [0.25, 0.3) is 0 Å². The van der Waals surface area contributed by atoms with E-state index in [-0.39, 0.29) is 11.9 Å². The summed E-state index contributed by atoms with van der Waals surface area (Å²) in [4.78, 5) is 16.7. The topological polar surface area (TPSA) is 53.4 Å². The van der Waals surface area contributed by atoms with Crippen molar-refractivity contribution in [2.75, 3.05) is 39.3 Å². The van der Waals surface area contributed by atoms with E-state index in [1.165, 1.54) is 0 Å². The minimum Gasteiger partial charge on any atom is -0.338 e. The second-order valence-corrected chi connectivity index (χ2v) is 5.35. The van der Waals surface area contributed by atoms with Gasteiger partial charge in [-0.05, 0) is 13.0 Å². The van der Waals surface area contributed by atoms with E-state index in [9.17, 15) is 4.79 Å². The predicted molar refractivity (Wildman–Crippen MR) is 71.7 cm³/mol. The van der Waals surface area contributed by atoms with Crippen molar-refractivity contribution >= 4 is 5.91 Å². The Hall–Kier alpha value is -1.40. The number of nitrogens with one attached hydrogen (secondary N) is 1. The smallest absolute Gasteiger partial charge is 0.247 e. The molecule has 0 radical (unpaired) electrons. The number of piperazine rings is 1. The standard InChI is InChI=1S/C13H21N5O/c1-11(18-6-2-3-15-18)13(19)17-9-12(10-17)16-7-4-14-5-8-16/h2-3,6,11-12,14H,4-5,7-10H2,1H3. The van der Waals surface area contributed by atoms with Gasteiger partial charge >= 0.3 is 0 Å². The van der Waals surface area contributed by atoms with Crippen LogP contribution in [-0.4, -0.2) is 70.8 Å². The van der Waals surface area contributed by atoms with Gasteiger partial charge in [0.15, 0.2) is 0 Å². The Morgan fingerprint density at radius 1 is 1.37 bits per heavy atom. The van der Waals surface area contributed by atoms with Crippen LogP contribution in [0.1, 0.15) is 13.0 Å². The third-order valence-corrected chi connectivity index (χ3v) is 4.12. The quantitative estimate of drug-likeness (QED) is 0.803. The summed E-state index contributed by atoms with van der Waals surface area (Å²) in [6, 6.07) is 2.21. The molecule has 0 spiro atoms. The van der Waals surface area contributed by atoms with Gasteiger partial charge < -0.3 is 10.2 Å². The van der Waals surface area contributed by atoms with Crippen LogP contribution in [0.2, 0.25) is 0 Å². The van der Waals surface area contributed by atoms with E-state index in [0.29, 0.717) is 6.04 Å². The largest absolute Gasteiger partial charge is 0.338 e. The fourth-order valence-corrected chi connectivity index (χ4v) is 2.80. The summed E-state index contributed by atoms with van der Waals surface area (Å²) < 4.78 is 1.72. The van der Waals surface area contributed by atoms with Gasteiger partial charge in [0.1, 0.15) is 6.04 Å². The minimum absolute atomic E-state index is 0.176. The van der Waals surface area contributed by atoms with Gasteiger partial charge in [-0.1, -0.05) is 0 Å². The SMILES string of the molecule is CC(C(=O)N1CC(N2CCNCC2)C1)n1cccn1. The van der Waals surface area contributed by atoms with Gasteiger partial charge in [0.25, 0.3) is 0 Å². The summed E-state index contributed by atoms with van der Waals surface area (Å²) in [6.07, 6.45) is 3.56. The number of aromatic nitrogens is 2. The van der Waals surface area contributed by atoms with Crippen LogP contribution in [0.4, 0.5) is 0 Å². The molecular formula is C13H21N5O. The molecular weight excluding hydrogens is 242 g/mol. The number of carbonyl (C=O) groups is 1. The highest BCUT2D eigenvalue weighted by atomic mass is 16.2. The van der Waals surface area contributed by atoms with Crippen molar-refractivity contribution in [3.05, 3.63) is 18.5 Å². The summed E-state index contributed by atoms with van der Waals surface area (Å²) in [5.41, 5.74) is 0. The summed E-state index contributed by atoms with van der Waals surface area (Å²) in [6.45, 7) is 7.97. The molecule has 2 fully saturated rings. The minimum atomic E-state index is -0.195. The monoisotopic (exact) mass is 263 g/mol. The van der Waals surface area contributed by atoms with Gasteiger partial charge in [-0.25, -0.2) is 0 Å². The van der Waals surface area contributed by atoms with Gasteiger partial charge in [0.2, 0.25) is 5.91 Å². The Bertz CT molecular complexity index is 420. The van der Waals surface area contributed by atoms with Gasteiger partial charge in [0, 0.05) is 57.7 Å². The van der Waals surface area contributed by atoms with Crippen molar-refractivity contribution in [1.82, 2.24) is 24.9 Å². The number of carbonyl (C=O) groups excluding carboxylic acids is 1.